The molecule has 8 nitrogen and oxygen atoms in total. The Hall–Kier alpha value is -2.26. The molecule has 3 rings (SSSR count). The standard InChI is InChI=1S/C16H18ClN5O3S/c1-18-15(26-2)22-7-6-21(16(23)24)9-12(22)14-19-13(20-25-14)10-4-3-5-11(17)8-10/h3-5,8,12H,6-7,9H2,1-2H3,(H,23,24). The van der Waals surface area contributed by atoms with Crippen LogP contribution in [0.25, 0.3) is 11.4 Å². The van der Waals surface area contributed by atoms with Crippen molar-refractivity contribution in [3.05, 3.63) is 35.2 Å². The van der Waals surface area contributed by atoms with Crippen molar-refractivity contribution in [2.75, 3.05) is 32.9 Å². The van der Waals surface area contributed by atoms with E-state index in [1.54, 1.807) is 19.2 Å². The normalized spacial score (nSPS) is 18.3. The largest absolute Gasteiger partial charge is 0.465 e. The SMILES string of the molecule is CN=C(SC)N1CCN(C(=O)O)CC1c1nc(-c2cccc(Cl)c2)no1. The highest BCUT2D eigenvalue weighted by molar-refractivity contribution is 8.13. The average molecular weight is 396 g/mol. The van der Waals surface area contributed by atoms with Crippen molar-refractivity contribution in [2.45, 2.75) is 6.04 Å². The van der Waals surface area contributed by atoms with E-state index in [1.807, 2.05) is 23.3 Å². The first-order valence-corrected chi connectivity index (χ1v) is 9.48. The van der Waals surface area contributed by atoms with Gasteiger partial charge in [0.1, 0.15) is 6.04 Å². The van der Waals surface area contributed by atoms with Gasteiger partial charge in [-0.2, -0.15) is 4.98 Å². The monoisotopic (exact) mass is 395 g/mol. The van der Waals surface area contributed by atoms with E-state index in [4.69, 9.17) is 16.1 Å². The lowest BCUT2D eigenvalue weighted by Crippen LogP contribution is -2.51. The predicted molar refractivity (Wildman–Crippen MR) is 101 cm³/mol. The number of carboxylic acid groups (broad SMARTS) is 1. The number of thioether (sulfide) groups is 1. The molecule has 1 unspecified atom stereocenters. The number of halogens is 1. The molecule has 138 valence electrons. The van der Waals surface area contributed by atoms with Crippen LogP contribution in [0, 0.1) is 0 Å². The summed E-state index contributed by atoms with van der Waals surface area (Å²) in [5.41, 5.74) is 0.735. The molecule has 1 aromatic heterocycles. The molecule has 1 fully saturated rings. The summed E-state index contributed by atoms with van der Waals surface area (Å²) in [5, 5.41) is 14.8. The summed E-state index contributed by atoms with van der Waals surface area (Å²) < 4.78 is 5.47. The second-order valence-electron chi connectivity index (χ2n) is 5.61. The van der Waals surface area contributed by atoms with Crippen LogP contribution in [0.1, 0.15) is 11.9 Å². The van der Waals surface area contributed by atoms with E-state index in [1.165, 1.54) is 16.7 Å². The molecule has 0 saturated carbocycles. The maximum atomic E-state index is 11.4. The van der Waals surface area contributed by atoms with E-state index in [0.29, 0.717) is 29.8 Å². The Bertz CT molecular complexity index is 828. The molecule has 10 heteroatoms. The third kappa shape index (κ3) is 3.78. The Balaban J connectivity index is 1.93. The highest BCUT2D eigenvalue weighted by Crippen LogP contribution is 2.29. The zero-order valence-corrected chi connectivity index (χ0v) is 15.9. The molecule has 26 heavy (non-hydrogen) atoms. The van der Waals surface area contributed by atoms with Crippen molar-refractivity contribution in [2.24, 2.45) is 4.99 Å². The molecule has 2 aromatic rings. The van der Waals surface area contributed by atoms with Crippen LogP contribution in [0.3, 0.4) is 0 Å². The van der Waals surface area contributed by atoms with Crippen LogP contribution >= 0.6 is 23.4 Å². The fourth-order valence-electron chi connectivity index (χ4n) is 2.85. The number of carbonyl (C=O) groups is 1. The molecule has 1 aromatic carbocycles. The molecule has 1 N–H and O–H groups in total. The van der Waals surface area contributed by atoms with Gasteiger partial charge in [0, 0.05) is 30.7 Å². The molecule has 1 amide bonds. The van der Waals surface area contributed by atoms with Crippen molar-refractivity contribution >= 4 is 34.6 Å². The highest BCUT2D eigenvalue weighted by Gasteiger charge is 2.36. The number of piperazine rings is 1. The minimum Gasteiger partial charge on any atom is -0.465 e. The lowest BCUT2D eigenvalue weighted by molar-refractivity contribution is 0.0912. The van der Waals surface area contributed by atoms with E-state index < -0.39 is 12.1 Å². The van der Waals surface area contributed by atoms with Gasteiger partial charge in [-0.25, -0.2) is 4.79 Å². The van der Waals surface area contributed by atoms with E-state index in [-0.39, 0.29) is 6.54 Å². The summed E-state index contributed by atoms with van der Waals surface area (Å²) >= 11 is 7.51. The predicted octanol–water partition coefficient (Wildman–Crippen LogP) is 3.08. The minimum absolute atomic E-state index is 0.228. The molecule has 2 heterocycles. The number of hydrogen-bond donors (Lipinski definition) is 1. The zero-order chi connectivity index (χ0) is 18.7. The molecule has 0 bridgehead atoms. The van der Waals surface area contributed by atoms with Crippen molar-refractivity contribution in [3.63, 3.8) is 0 Å². The lowest BCUT2D eigenvalue weighted by atomic mass is 10.1. The molecule has 1 aliphatic rings. The molecule has 0 radical (unpaired) electrons. The number of amidine groups is 1. The van der Waals surface area contributed by atoms with Crippen LogP contribution in [0.15, 0.2) is 33.8 Å². The van der Waals surface area contributed by atoms with E-state index in [9.17, 15) is 9.90 Å². The van der Waals surface area contributed by atoms with Crippen LogP contribution in [0.2, 0.25) is 5.02 Å². The molecule has 0 spiro atoms. The highest BCUT2D eigenvalue weighted by atomic mass is 35.5. The number of hydrogen-bond acceptors (Lipinski definition) is 6. The smallest absolute Gasteiger partial charge is 0.407 e. The molecule has 1 atom stereocenters. The topological polar surface area (TPSA) is 95.1 Å². The van der Waals surface area contributed by atoms with Gasteiger partial charge in [0.2, 0.25) is 5.82 Å². The number of benzene rings is 1. The van der Waals surface area contributed by atoms with E-state index in [2.05, 4.69) is 15.1 Å². The van der Waals surface area contributed by atoms with Crippen molar-refractivity contribution < 1.29 is 14.4 Å². The van der Waals surface area contributed by atoms with Crippen LogP contribution in [0.4, 0.5) is 4.79 Å². The quantitative estimate of drug-likeness (QED) is 0.616. The third-order valence-corrected chi connectivity index (χ3v) is 5.10. The summed E-state index contributed by atoms with van der Waals surface area (Å²) in [4.78, 5) is 23.5. The first-order chi connectivity index (χ1) is 12.5. The summed E-state index contributed by atoms with van der Waals surface area (Å²) in [6.45, 7) is 1.12. The zero-order valence-electron chi connectivity index (χ0n) is 14.3. The van der Waals surface area contributed by atoms with Gasteiger partial charge < -0.3 is 19.4 Å². The Morgan fingerprint density at radius 1 is 1.46 bits per heavy atom. The maximum absolute atomic E-state index is 11.4. The van der Waals surface area contributed by atoms with Crippen LogP contribution < -0.4 is 0 Å². The van der Waals surface area contributed by atoms with Gasteiger partial charge in [0.25, 0.3) is 5.89 Å². The lowest BCUT2D eigenvalue weighted by Gasteiger charge is -2.39. The summed E-state index contributed by atoms with van der Waals surface area (Å²) in [5.74, 6) is 0.759. The second kappa shape index (κ2) is 7.96. The van der Waals surface area contributed by atoms with Gasteiger partial charge in [0.15, 0.2) is 5.17 Å². The fraction of sp³-hybridized carbons (Fsp3) is 0.375. The van der Waals surface area contributed by atoms with Gasteiger partial charge in [-0.1, -0.05) is 40.7 Å². The second-order valence-corrected chi connectivity index (χ2v) is 6.82. The van der Waals surface area contributed by atoms with Gasteiger partial charge in [-0.15, -0.1) is 0 Å². The number of rotatable bonds is 2. The van der Waals surface area contributed by atoms with Gasteiger partial charge in [-0.05, 0) is 18.4 Å². The first kappa shape index (κ1) is 18.5. The maximum Gasteiger partial charge on any atom is 0.407 e. The number of aromatic nitrogens is 2. The molecule has 1 saturated heterocycles. The van der Waals surface area contributed by atoms with Crippen LogP contribution in [0.5, 0.6) is 0 Å². The summed E-state index contributed by atoms with van der Waals surface area (Å²) in [6, 6.07) is 6.76. The number of nitrogens with zero attached hydrogens (tertiary/aromatic N) is 5. The molecule has 0 aliphatic carbocycles. The van der Waals surface area contributed by atoms with Crippen molar-refractivity contribution in [3.8, 4) is 11.4 Å². The average Bonchev–Trinajstić information content (AvgIpc) is 3.13. The Labute approximate surface area is 159 Å². The molecular weight excluding hydrogens is 378 g/mol. The first-order valence-electron chi connectivity index (χ1n) is 7.88. The van der Waals surface area contributed by atoms with Gasteiger partial charge in [-0.3, -0.25) is 4.99 Å². The van der Waals surface area contributed by atoms with Gasteiger partial charge in [0.05, 0.1) is 6.54 Å². The Kier molecular flexibility index (Phi) is 5.67. The molecular formula is C16H18ClN5O3S. The Morgan fingerprint density at radius 2 is 2.27 bits per heavy atom. The van der Waals surface area contributed by atoms with Crippen LogP contribution in [-0.4, -0.2) is 69.2 Å². The van der Waals surface area contributed by atoms with E-state index in [0.717, 1.165) is 10.7 Å². The van der Waals surface area contributed by atoms with Crippen molar-refractivity contribution in [1.29, 1.82) is 0 Å². The molecule has 1 aliphatic heterocycles. The Morgan fingerprint density at radius 3 is 2.92 bits per heavy atom. The van der Waals surface area contributed by atoms with Crippen LogP contribution in [-0.2, 0) is 0 Å². The van der Waals surface area contributed by atoms with Gasteiger partial charge >= 0.3 is 6.09 Å². The number of amides is 1. The fourth-order valence-corrected chi connectivity index (χ4v) is 3.68. The van der Waals surface area contributed by atoms with Crippen molar-refractivity contribution in [1.82, 2.24) is 19.9 Å². The van der Waals surface area contributed by atoms with E-state index >= 15 is 0 Å². The number of aliphatic imine (C=N–C) groups is 1. The minimum atomic E-state index is -0.969. The third-order valence-electron chi connectivity index (χ3n) is 4.08. The summed E-state index contributed by atoms with van der Waals surface area (Å²) in [7, 11) is 1.71. The summed E-state index contributed by atoms with van der Waals surface area (Å²) in [6.07, 6.45) is 0.956.